The number of carboxylic acids is 1. The molecule has 15 heavy (non-hydrogen) atoms. The fourth-order valence-corrected chi connectivity index (χ4v) is 1.43. The zero-order valence-electron chi connectivity index (χ0n) is 10.1. The summed E-state index contributed by atoms with van der Waals surface area (Å²) >= 11 is 0. The first-order valence-electron chi connectivity index (χ1n) is 5.51. The molecule has 0 aliphatic carbocycles. The van der Waals surface area contributed by atoms with Crippen molar-refractivity contribution in [3.8, 4) is 0 Å². The lowest BCUT2D eigenvalue weighted by atomic mass is 10.1. The van der Waals surface area contributed by atoms with Crippen LogP contribution in [-0.2, 0) is 9.53 Å². The molecule has 1 atom stereocenters. The zero-order valence-corrected chi connectivity index (χ0v) is 10.1. The second-order valence-electron chi connectivity index (χ2n) is 4.16. The van der Waals surface area contributed by atoms with E-state index in [0.717, 1.165) is 6.42 Å². The van der Waals surface area contributed by atoms with Crippen LogP contribution in [0.5, 0.6) is 0 Å². The van der Waals surface area contributed by atoms with Crippen LogP contribution in [0.25, 0.3) is 0 Å². The van der Waals surface area contributed by atoms with Crippen LogP contribution in [-0.4, -0.2) is 23.8 Å². The average Bonchev–Trinajstić information content (AvgIpc) is 2.10. The van der Waals surface area contributed by atoms with Crippen molar-refractivity contribution in [3.63, 3.8) is 0 Å². The van der Waals surface area contributed by atoms with Gasteiger partial charge in [-0.15, -0.1) is 0 Å². The van der Waals surface area contributed by atoms with Gasteiger partial charge in [-0.2, -0.15) is 0 Å². The van der Waals surface area contributed by atoms with E-state index in [9.17, 15) is 4.79 Å². The van der Waals surface area contributed by atoms with Gasteiger partial charge in [0.15, 0.2) is 0 Å². The van der Waals surface area contributed by atoms with Gasteiger partial charge in [-0.1, -0.05) is 20.8 Å². The van der Waals surface area contributed by atoms with Crippen LogP contribution in [0.4, 0.5) is 0 Å². The molecular formula is C12H22O3. The largest absolute Gasteiger partial charge is 0.478 e. The average molecular weight is 214 g/mol. The fourth-order valence-electron chi connectivity index (χ4n) is 1.43. The van der Waals surface area contributed by atoms with Gasteiger partial charge in [0.25, 0.3) is 0 Å². The topological polar surface area (TPSA) is 46.5 Å². The highest BCUT2D eigenvalue weighted by molar-refractivity contribution is 5.86. The molecule has 88 valence electrons. The maximum absolute atomic E-state index is 10.7. The van der Waals surface area contributed by atoms with Gasteiger partial charge >= 0.3 is 5.97 Å². The highest BCUT2D eigenvalue weighted by Gasteiger charge is 2.06. The first-order valence-corrected chi connectivity index (χ1v) is 5.51. The second kappa shape index (κ2) is 7.46. The Morgan fingerprint density at radius 1 is 1.40 bits per heavy atom. The molecule has 1 N–H and O–H groups in total. The standard InChI is InChI=1S/C12H22O3/c1-5-11(12(13)14)6-7-15-10(4)8-9(2)3/h6,9-10H,5,7-8H2,1-4H3,(H,13,14). The van der Waals surface area contributed by atoms with Gasteiger partial charge in [0.1, 0.15) is 0 Å². The van der Waals surface area contributed by atoms with Crippen molar-refractivity contribution in [1.29, 1.82) is 0 Å². The number of hydrogen-bond donors (Lipinski definition) is 1. The number of ether oxygens (including phenoxy) is 1. The van der Waals surface area contributed by atoms with Crippen molar-refractivity contribution in [2.24, 2.45) is 5.92 Å². The van der Waals surface area contributed by atoms with Crippen LogP contribution in [0.2, 0.25) is 0 Å². The summed E-state index contributed by atoms with van der Waals surface area (Å²) in [5.41, 5.74) is 0.423. The molecule has 0 amide bonds. The summed E-state index contributed by atoms with van der Waals surface area (Å²) < 4.78 is 5.50. The lowest BCUT2D eigenvalue weighted by molar-refractivity contribution is -0.132. The van der Waals surface area contributed by atoms with E-state index in [0.29, 0.717) is 24.5 Å². The molecule has 0 rings (SSSR count). The van der Waals surface area contributed by atoms with Gasteiger partial charge in [0.05, 0.1) is 12.7 Å². The minimum absolute atomic E-state index is 0.188. The molecule has 0 aliphatic rings. The summed E-state index contributed by atoms with van der Waals surface area (Å²) in [6.45, 7) is 8.52. The summed E-state index contributed by atoms with van der Waals surface area (Å²) in [4.78, 5) is 10.7. The third kappa shape index (κ3) is 7.14. The summed E-state index contributed by atoms with van der Waals surface area (Å²) in [5, 5.41) is 8.76. The van der Waals surface area contributed by atoms with E-state index < -0.39 is 5.97 Å². The van der Waals surface area contributed by atoms with E-state index >= 15 is 0 Å². The first-order chi connectivity index (χ1) is 6.97. The molecular weight excluding hydrogens is 192 g/mol. The normalized spacial score (nSPS) is 14.3. The van der Waals surface area contributed by atoms with E-state index in [4.69, 9.17) is 9.84 Å². The van der Waals surface area contributed by atoms with E-state index in [1.54, 1.807) is 6.08 Å². The lowest BCUT2D eigenvalue weighted by Gasteiger charge is -2.13. The van der Waals surface area contributed by atoms with Gasteiger partial charge in [-0.25, -0.2) is 4.79 Å². The molecule has 3 nitrogen and oxygen atoms in total. The van der Waals surface area contributed by atoms with Gasteiger partial charge in [-0.05, 0) is 31.8 Å². The molecule has 0 heterocycles. The first kappa shape index (κ1) is 14.2. The zero-order chi connectivity index (χ0) is 11.8. The van der Waals surface area contributed by atoms with E-state index in [1.807, 2.05) is 13.8 Å². The molecule has 0 radical (unpaired) electrons. The van der Waals surface area contributed by atoms with E-state index in [1.165, 1.54) is 0 Å². The lowest BCUT2D eigenvalue weighted by Crippen LogP contribution is -2.12. The van der Waals surface area contributed by atoms with Crippen molar-refractivity contribution in [2.45, 2.75) is 46.6 Å². The number of carboxylic acid groups (broad SMARTS) is 1. The molecule has 0 bridgehead atoms. The van der Waals surface area contributed by atoms with E-state index in [-0.39, 0.29) is 6.10 Å². The van der Waals surface area contributed by atoms with Crippen molar-refractivity contribution in [3.05, 3.63) is 11.6 Å². The monoisotopic (exact) mass is 214 g/mol. The third-order valence-electron chi connectivity index (χ3n) is 2.17. The summed E-state index contributed by atoms with van der Waals surface area (Å²) in [6, 6.07) is 0. The van der Waals surface area contributed by atoms with Gasteiger partial charge in [0.2, 0.25) is 0 Å². The Balaban J connectivity index is 3.89. The molecule has 0 aromatic rings. The molecule has 0 fully saturated rings. The fraction of sp³-hybridized carbons (Fsp3) is 0.750. The second-order valence-corrected chi connectivity index (χ2v) is 4.16. The minimum Gasteiger partial charge on any atom is -0.478 e. The van der Waals surface area contributed by atoms with Crippen LogP contribution in [0.15, 0.2) is 11.6 Å². The summed E-state index contributed by atoms with van der Waals surface area (Å²) in [6.07, 6.45) is 3.38. The molecule has 0 aliphatic heterocycles. The maximum atomic E-state index is 10.7. The minimum atomic E-state index is -0.849. The van der Waals surface area contributed by atoms with Crippen molar-refractivity contribution < 1.29 is 14.6 Å². The van der Waals surface area contributed by atoms with Crippen LogP contribution >= 0.6 is 0 Å². The van der Waals surface area contributed by atoms with Crippen LogP contribution in [0.3, 0.4) is 0 Å². The Kier molecular flexibility index (Phi) is 7.05. The smallest absolute Gasteiger partial charge is 0.331 e. The Hall–Kier alpha value is -0.830. The van der Waals surface area contributed by atoms with Gasteiger partial charge in [0, 0.05) is 5.57 Å². The maximum Gasteiger partial charge on any atom is 0.331 e. The molecule has 0 aromatic carbocycles. The van der Waals surface area contributed by atoms with Crippen LogP contribution in [0.1, 0.15) is 40.5 Å². The Morgan fingerprint density at radius 3 is 2.40 bits per heavy atom. The predicted molar refractivity (Wildman–Crippen MR) is 60.9 cm³/mol. The number of aliphatic carboxylic acids is 1. The summed E-state index contributed by atoms with van der Waals surface area (Å²) in [7, 11) is 0. The molecule has 0 saturated heterocycles. The van der Waals surface area contributed by atoms with Crippen molar-refractivity contribution in [1.82, 2.24) is 0 Å². The quantitative estimate of drug-likeness (QED) is 0.663. The number of carbonyl (C=O) groups is 1. The molecule has 3 heteroatoms. The highest BCUT2D eigenvalue weighted by Crippen LogP contribution is 2.08. The highest BCUT2D eigenvalue weighted by atomic mass is 16.5. The van der Waals surface area contributed by atoms with Gasteiger partial charge in [-0.3, -0.25) is 0 Å². The summed E-state index contributed by atoms with van der Waals surface area (Å²) in [5.74, 6) is -0.244. The molecule has 0 saturated carbocycles. The Bertz CT molecular complexity index is 219. The SMILES string of the molecule is CCC(=CCOC(C)CC(C)C)C(=O)O. The predicted octanol–water partition coefficient (Wildman–Crippen LogP) is 2.86. The van der Waals surface area contributed by atoms with Crippen LogP contribution < -0.4 is 0 Å². The van der Waals surface area contributed by atoms with Gasteiger partial charge < -0.3 is 9.84 Å². The molecule has 0 aromatic heterocycles. The van der Waals surface area contributed by atoms with Crippen molar-refractivity contribution >= 4 is 5.97 Å². The van der Waals surface area contributed by atoms with Crippen LogP contribution in [0, 0.1) is 5.92 Å². The molecule has 0 spiro atoms. The van der Waals surface area contributed by atoms with Crippen molar-refractivity contribution in [2.75, 3.05) is 6.61 Å². The number of hydrogen-bond acceptors (Lipinski definition) is 2. The Labute approximate surface area is 92.1 Å². The Morgan fingerprint density at radius 2 is 2.00 bits per heavy atom. The third-order valence-corrected chi connectivity index (χ3v) is 2.17. The van der Waals surface area contributed by atoms with E-state index in [2.05, 4.69) is 13.8 Å². The molecule has 1 unspecified atom stereocenters. The number of rotatable bonds is 7.